The number of hydrazine groups is 1. The number of aromatic nitrogens is 1. The molecule has 0 bridgehead atoms. The van der Waals surface area contributed by atoms with E-state index in [1.54, 1.807) is 11.3 Å². The molecule has 0 aliphatic carbocycles. The number of hydrogen-bond donors (Lipinski definition) is 2. The van der Waals surface area contributed by atoms with Gasteiger partial charge in [0.15, 0.2) is 0 Å². The molecule has 74 valence electrons. The summed E-state index contributed by atoms with van der Waals surface area (Å²) in [6.45, 7) is 4.22. The molecule has 1 aromatic heterocycles. The van der Waals surface area contributed by atoms with Crippen LogP contribution in [0.4, 0.5) is 0 Å². The van der Waals surface area contributed by atoms with E-state index in [4.69, 9.17) is 5.84 Å². The normalized spacial score (nSPS) is 13.2. The van der Waals surface area contributed by atoms with E-state index >= 15 is 0 Å². The summed E-state index contributed by atoms with van der Waals surface area (Å²) in [7, 11) is 0. The second kappa shape index (κ2) is 5.32. The van der Waals surface area contributed by atoms with Gasteiger partial charge in [-0.3, -0.25) is 11.3 Å². The zero-order valence-corrected chi connectivity index (χ0v) is 9.03. The molecule has 1 atom stereocenters. The predicted octanol–water partition coefficient (Wildman–Crippen LogP) is 2.15. The van der Waals surface area contributed by atoms with Crippen LogP contribution in [0.3, 0.4) is 0 Å². The molecule has 0 aliphatic heterocycles. The lowest BCUT2D eigenvalue weighted by molar-refractivity contribution is 0.499. The standard InChI is InChI=1S/C9H17N3S/c1-3-4-5-8(12-10)9-7(2)11-6-13-9/h6,8,12H,3-5,10H2,1-2H3. The molecule has 3 N–H and O–H groups in total. The Bertz CT molecular complexity index is 247. The third-order valence-electron chi connectivity index (χ3n) is 2.15. The van der Waals surface area contributed by atoms with E-state index in [0.717, 1.165) is 12.1 Å². The third-order valence-corrected chi connectivity index (χ3v) is 3.19. The number of rotatable bonds is 5. The molecule has 0 aliphatic rings. The zero-order valence-electron chi connectivity index (χ0n) is 8.21. The van der Waals surface area contributed by atoms with E-state index in [2.05, 4.69) is 17.3 Å². The Hall–Kier alpha value is -0.450. The van der Waals surface area contributed by atoms with Gasteiger partial charge >= 0.3 is 0 Å². The fourth-order valence-corrected chi connectivity index (χ4v) is 2.24. The van der Waals surface area contributed by atoms with Gasteiger partial charge in [-0.25, -0.2) is 4.98 Å². The van der Waals surface area contributed by atoms with Crippen molar-refractivity contribution in [1.82, 2.24) is 10.4 Å². The summed E-state index contributed by atoms with van der Waals surface area (Å²) in [5.41, 5.74) is 5.83. The fraction of sp³-hybridized carbons (Fsp3) is 0.667. The number of aryl methyl sites for hydroxylation is 1. The second-order valence-corrected chi connectivity index (χ2v) is 4.05. The smallest absolute Gasteiger partial charge is 0.0798 e. The molecule has 1 unspecified atom stereocenters. The van der Waals surface area contributed by atoms with Crippen LogP contribution in [0.25, 0.3) is 0 Å². The molecular weight excluding hydrogens is 182 g/mol. The third kappa shape index (κ3) is 2.76. The Kier molecular flexibility index (Phi) is 4.35. The van der Waals surface area contributed by atoms with Crippen molar-refractivity contribution >= 4 is 11.3 Å². The van der Waals surface area contributed by atoms with Crippen LogP contribution < -0.4 is 11.3 Å². The molecule has 0 radical (unpaired) electrons. The highest BCUT2D eigenvalue weighted by Crippen LogP contribution is 2.24. The molecule has 0 fully saturated rings. The van der Waals surface area contributed by atoms with Crippen LogP contribution in [-0.2, 0) is 0 Å². The molecule has 13 heavy (non-hydrogen) atoms. The molecule has 4 heteroatoms. The summed E-state index contributed by atoms with van der Waals surface area (Å²) < 4.78 is 0. The van der Waals surface area contributed by atoms with Gasteiger partial charge < -0.3 is 0 Å². The van der Waals surface area contributed by atoms with Crippen LogP contribution in [0, 0.1) is 6.92 Å². The van der Waals surface area contributed by atoms with Crippen LogP contribution in [0.5, 0.6) is 0 Å². The van der Waals surface area contributed by atoms with Crippen LogP contribution >= 0.6 is 11.3 Å². The molecule has 0 saturated carbocycles. The summed E-state index contributed by atoms with van der Waals surface area (Å²) in [6.07, 6.45) is 3.50. The summed E-state index contributed by atoms with van der Waals surface area (Å²) in [5, 5.41) is 0. The van der Waals surface area contributed by atoms with Gasteiger partial charge in [-0.1, -0.05) is 19.8 Å². The maximum Gasteiger partial charge on any atom is 0.0798 e. The van der Waals surface area contributed by atoms with Gasteiger partial charge in [0.2, 0.25) is 0 Å². The molecule has 0 aromatic carbocycles. The SMILES string of the molecule is CCCCC(NN)c1scnc1C. The maximum atomic E-state index is 5.50. The Morgan fingerprint density at radius 1 is 1.69 bits per heavy atom. The van der Waals surface area contributed by atoms with E-state index in [1.807, 2.05) is 12.4 Å². The first kappa shape index (κ1) is 10.6. The van der Waals surface area contributed by atoms with Gasteiger partial charge in [0, 0.05) is 4.88 Å². The van der Waals surface area contributed by atoms with Crippen LogP contribution in [0.2, 0.25) is 0 Å². The van der Waals surface area contributed by atoms with Gasteiger partial charge in [-0.2, -0.15) is 0 Å². The second-order valence-electron chi connectivity index (χ2n) is 3.16. The Balaban J connectivity index is 2.61. The Labute approximate surface area is 83.3 Å². The first-order valence-electron chi connectivity index (χ1n) is 4.65. The lowest BCUT2D eigenvalue weighted by Crippen LogP contribution is -2.27. The number of nitrogens with zero attached hydrogens (tertiary/aromatic N) is 1. The molecule has 1 aromatic rings. The van der Waals surface area contributed by atoms with Crippen LogP contribution in [-0.4, -0.2) is 4.98 Å². The number of unbranched alkanes of at least 4 members (excludes halogenated alkanes) is 1. The highest BCUT2D eigenvalue weighted by molar-refractivity contribution is 7.09. The Morgan fingerprint density at radius 3 is 2.92 bits per heavy atom. The van der Waals surface area contributed by atoms with Crippen molar-refractivity contribution in [2.75, 3.05) is 0 Å². The van der Waals surface area contributed by atoms with Crippen LogP contribution in [0.1, 0.15) is 42.8 Å². The average molecular weight is 199 g/mol. The van der Waals surface area contributed by atoms with Crippen molar-refractivity contribution in [2.24, 2.45) is 5.84 Å². The highest BCUT2D eigenvalue weighted by Gasteiger charge is 2.13. The van der Waals surface area contributed by atoms with Crippen molar-refractivity contribution in [2.45, 2.75) is 39.2 Å². The van der Waals surface area contributed by atoms with Gasteiger partial charge in [0.25, 0.3) is 0 Å². The molecular formula is C9H17N3S. The first-order chi connectivity index (χ1) is 6.29. The van der Waals surface area contributed by atoms with Gasteiger partial charge in [-0.05, 0) is 13.3 Å². The van der Waals surface area contributed by atoms with E-state index in [0.29, 0.717) is 0 Å². The van der Waals surface area contributed by atoms with E-state index < -0.39 is 0 Å². The number of hydrogen-bond acceptors (Lipinski definition) is 4. The molecule has 1 heterocycles. The zero-order chi connectivity index (χ0) is 9.68. The minimum Gasteiger partial charge on any atom is -0.271 e. The predicted molar refractivity (Wildman–Crippen MR) is 56.4 cm³/mol. The quantitative estimate of drug-likeness (QED) is 0.564. The van der Waals surface area contributed by atoms with Gasteiger partial charge in [0.05, 0.1) is 17.2 Å². The fourth-order valence-electron chi connectivity index (χ4n) is 1.34. The Morgan fingerprint density at radius 2 is 2.46 bits per heavy atom. The van der Waals surface area contributed by atoms with Crippen molar-refractivity contribution in [3.8, 4) is 0 Å². The highest BCUT2D eigenvalue weighted by atomic mass is 32.1. The first-order valence-corrected chi connectivity index (χ1v) is 5.53. The molecule has 0 saturated heterocycles. The van der Waals surface area contributed by atoms with Crippen molar-refractivity contribution < 1.29 is 0 Å². The molecule has 1 rings (SSSR count). The maximum absolute atomic E-state index is 5.50. The molecule has 0 amide bonds. The monoisotopic (exact) mass is 199 g/mol. The summed E-state index contributed by atoms with van der Waals surface area (Å²) >= 11 is 1.68. The average Bonchev–Trinajstić information content (AvgIpc) is 2.54. The number of thiazole rings is 1. The van der Waals surface area contributed by atoms with Gasteiger partial charge in [-0.15, -0.1) is 11.3 Å². The van der Waals surface area contributed by atoms with Gasteiger partial charge in [0.1, 0.15) is 0 Å². The minimum atomic E-state index is 0.285. The molecule has 3 nitrogen and oxygen atoms in total. The van der Waals surface area contributed by atoms with E-state index in [-0.39, 0.29) is 6.04 Å². The van der Waals surface area contributed by atoms with Crippen LogP contribution in [0.15, 0.2) is 5.51 Å². The summed E-state index contributed by atoms with van der Waals surface area (Å²) in [4.78, 5) is 5.49. The van der Waals surface area contributed by atoms with E-state index in [9.17, 15) is 0 Å². The topological polar surface area (TPSA) is 50.9 Å². The van der Waals surface area contributed by atoms with Crippen molar-refractivity contribution in [3.05, 3.63) is 16.1 Å². The lowest BCUT2D eigenvalue weighted by atomic mass is 10.1. The summed E-state index contributed by atoms with van der Waals surface area (Å²) in [6, 6.07) is 0.285. The molecule has 0 spiro atoms. The van der Waals surface area contributed by atoms with E-state index in [1.165, 1.54) is 17.7 Å². The number of nitrogens with one attached hydrogen (secondary N) is 1. The number of nitrogens with two attached hydrogens (primary N) is 1. The summed E-state index contributed by atoms with van der Waals surface area (Å²) in [5.74, 6) is 5.50. The largest absolute Gasteiger partial charge is 0.271 e. The minimum absolute atomic E-state index is 0.285. The van der Waals surface area contributed by atoms with Crippen molar-refractivity contribution in [3.63, 3.8) is 0 Å². The lowest BCUT2D eigenvalue weighted by Gasteiger charge is -2.13. The van der Waals surface area contributed by atoms with Crippen molar-refractivity contribution in [1.29, 1.82) is 0 Å².